The second-order valence-electron chi connectivity index (χ2n) is 5.28. The van der Waals surface area contributed by atoms with Crippen LogP contribution >= 0.6 is 15.9 Å². The molecular weight excluding hydrogens is 326 g/mol. The highest BCUT2D eigenvalue weighted by Gasteiger charge is 2.28. The summed E-state index contributed by atoms with van der Waals surface area (Å²) in [4.78, 5) is 14.4. The molecule has 1 aliphatic heterocycles. The van der Waals surface area contributed by atoms with E-state index in [1.54, 1.807) is 6.08 Å². The van der Waals surface area contributed by atoms with E-state index in [2.05, 4.69) is 28.9 Å². The highest BCUT2D eigenvalue weighted by Crippen LogP contribution is 2.32. The van der Waals surface area contributed by atoms with Crippen LogP contribution in [-0.4, -0.2) is 11.9 Å². The number of hydrogen-bond donors (Lipinski definition) is 0. The SMILES string of the molecule is CC1Cc2ccccc2N1C(=O)C=Cc1cccc(Br)c1. The van der Waals surface area contributed by atoms with Crippen molar-refractivity contribution in [3.8, 4) is 0 Å². The maximum Gasteiger partial charge on any atom is 0.251 e. The zero-order valence-electron chi connectivity index (χ0n) is 11.8. The van der Waals surface area contributed by atoms with E-state index in [0.29, 0.717) is 0 Å². The molecule has 2 nitrogen and oxygen atoms in total. The fraction of sp³-hybridized carbons (Fsp3) is 0.167. The summed E-state index contributed by atoms with van der Waals surface area (Å²) in [6.07, 6.45) is 4.44. The van der Waals surface area contributed by atoms with Gasteiger partial charge in [0.1, 0.15) is 0 Å². The van der Waals surface area contributed by atoms with Gasteiger partial charge in [0.05, 0.1) is 0 Å². The average molecular weight is 342 g/mol. The van der Waals surface area contributed by atoms with Crippen LogP contribution in [0.3, 0.4) is 0 Å². The molecule has 0 aromatic heterocycles. The number of halogens is 1. The summed E-state index contributed by atoms with van der Waals surface area (Å²) in [6.45, 7) is 2.09. The van der Waals surface area contributed by atoms with Crippen molar-refractivity contribution in [2.45, 2.75) is 19.4 Å². The van der Waals surface area contributed by atoms with Crippen LogP contribution in [-0.2, 0) is 11.2 Å². The van der Waals surface area contributed by atoms with E-state index >= 15 is 0 Å². The van der Waals surface area contributed by atoms with Gasteiger partial charge in [0.2, 0.25) is 0 Å². The lowest BCUT2D eigenvalue weighted by Gasteiger charge is -2.20. The molecule has 0 radical (unpaired) electrons. The van der Waals surface area contributed by atoms with Gasteiger partial charge in [0, 0.05) is 22.3 Å². The van der Waals surface area contributed by atoms with E-state index in [0.717, 1.165) is 22.1 Å². The summed E-state index contributed by atoms with van der Waals surface area (Å²) in [5.41, 5.74) is 3.29. The molecule has 0 spiro atoms. The Morgan fingerprint density at radius 3 is 2.86 bits per heavy atom. The first kappa shape index (κ1) is 14.1. The molecule has 21 heavy (non-hydrogen) atoms. The molecule has 0 saturated carbocycles. The highest BCUT2D eigenvalue weighted by atomic mass is 79.9. The van der Waals surface area contributed by atoms with Crippen LogP contribution in [0.4, 0.5) is 5.69 Å². The molecule has 1 unspecified atom stereocenters. The second kappa shape index (κ2) is 5.86. The molecule has 0 fully saturated rings. The summed E-state index contributed by atoms with van der Waals surface area (Å²) >= 11 is 3.44. The lowest BCUT2D eigenvalue weighted by atomic mass is 10.1. The number of amides is 1. The maximum absolute atomic E-state index is 12.5. The van der Waals surface area contributed by atoms with Gasteiger partial charge in [0.15, 0.2) is 0 Å². The Hall–Kier alpha value is -1.87. The Labute approximate surface area is 133 Å². The van der Waals surface area contributed by atoms with E-state index in [1.807, 2.05) is 53.4 Å². The van der Waals surface area contributed by atoms with Crippen LogP contribution < -0.4 is 4.90 Å². The molecule has 0 bridgehead atoms. The Kier molecular flexibility index (Phi) is 3.93. The monoisotopic (exact) mass is 341 g/mol. The van der Waals surface area contributed by atoms with Crippen molar-refractivity contribution in [3.63, 3.8) is 0 Å². The van der Waals surface area contributed by atoms with Gasteiger partial charge >= 0.3 is 0 Å². The number of para-hydroxylation sites is 1. The van der Waals surface area contributed by atoms with Gasteiger partial charge in [-0.2, -0.15) is 0 Å². The summed E-state index contributed by atoms with van der Waals surface area (Å²) in [6, 6.07) is 16.2. The molecule has 1 heterocycles. The normalized spacial score (nSPS) is 17.2. The van der Waals surface area contributed by atoms with Gasteiger partial charge in [-0.1, -0.05) is 46.3 Å². The van der Waals surface area contributed by atoms with Gasteiger partial charge in [-0.05, 0) is 48.7 Å². The predicted molar refractivity (Wildman–Crippen MR) is 90.3 cm³/mol. The van der Waals surface area contributed by atoms with Crippen molar-refractivity contribution in [1.29, 1.82) is 0 Å². The molecular formula is C18H16BrNO. The second-order valence-corrected chi connectivity index (χ2v) is 6.19. The third-order valence-corrected chi connectivity index (χ3v) is 4.20. The van der Waals surface area contributed by atoms with Gasteiger partial charge in [-0.3, -0.25) is 4.79 Å². The fourth-order valence-electron chi connectivity index (χ4n) is 2.76. The molecule has 1 aliphatic rings. The Bertz CT molecular complexity index is 708. The van der Waals surface area contributed by atoms with Crippen molar-refractivity contribution in [1.82, 2.24) is 0 Å². The lowest BCUT2D eigenvalue weighted by molar-refractivity contribution is -0.114. The molecule has 1 atom stereocenters. The minimum absolute atomic E-state index is 0.0347. The Morgan fingerprint density at radius 1 is 1.24 bits per heavy atom. The number of benzene rings is 2. The summed E-state index contributed by atoms with van der Waals surface area (Å²) in [7, 11) is 0. The Morgan fingerprint density at radius 2 is 2.05 bits per heavy atom. The van der Waals surface area contributed by atoms with Gasteiger partial charge in [-0.25, -0.2) is 0 Å². The molecule has 0 aliphatic carbocycles. The molecule has 106 valence electrons. The van der Waals surface area contributed by atoms with E-state index in [9.17, 15) is 4.79 Å². The van der Waals surface area contributed by atoms with Crippen LogP contribution in [0.25, 0.3) is 6.08 Å². The number of anilines is 1. The van der Waals surface area contributed by atoms with Gasteiger partial charge < -0.3 is 4.90 Å². The van der Waals surface area contributed by atoms with E-state index in [1.165, 1.54) is 5.56 Å². The van der Waals surface area contributed by atoms with Gasteiger partial charge in [-0.15, -0.1) is 0 Å². The third-order valence-electron chi connectivity index (χ3n) is 3.71. The van der Waals surface area contributed by atoms with Crippen LogP contribution in [0, 0.1) is 0 Å². The number of carbonyl (C=O) groups is 1. The third kappa shape index (κ3) is 2.93. The van der Waals surface area contributed by atoms with Crippen molar-refractivity contribution in [3.05, 3.63) is 70.2 Å². The van der Waals surface area contributed by atoms with E-state index < -0.39 is 0 Å². The van der Waals surface area contributed by atoms with Crippen LogP contribution in [0.15, 0.2) is 59.1 Å². The topological polar surface area (TPSA) is 20.3 Å². The molecule has 2 aromatic carbocycles. The number of nitrogens with zero attached hydrogens (tertiary/aromatic N) is 1. The molecule has 3 heteroatoms. The van der Waals surface area contributed by atoms with E-state index in [4.69, 9.17) is 0 Å². The van der Waals surface area contributed by atoms with Crippen LogP contribution in [0.1, 0.15) is 18.1 Å². The number of rotatable bonds is 2. The number of hydrogen-bond acceptors (Lipinski definition) is 1. The summed E-state index contributed by atoms with van der Waals surface area (Å²) < 4.78 is 1.01. The largest absolute Gasteiger partial charge is 0.305 e. The quantitative estimate of drug-likeness (QED) is 0.739. The molecule has 2 aromatic rings. The average Bonchev–Trinajstić information content (AvgIpc) is 2.81. The first-order valence-electron chi connectivity index (χ1n) is 7.00. The first-order valence-corrected chi connectivity index (χ1v) is 7.79. The van der Waals surface area contributed by atoms with Crippen molar-refractivity contribution in [2.75, 3.05) is 4.90 Å². The summed E-state index contributed by atoms with van der Waals surface area (Å²) in [5, 5.41) is 0. The van der Waals surface area contributed by atoms with Crippen molar-refractivity contribution in [2.24, 2.45) is 0 Å². The zero-order chi connectivity index (χ0) is 14.8. The van der Waals surface area contributed by atoms with Crippen LogP contribution in [0.5, 0.6) is 0 Å². The van der Waals surface area contributed by atoms with Crippen molar-refractivity contribution >= 4 is 33.6 Å². The Balaban J connectivity index is 1.83. The molecule has 3 rings (SSSR count). The number of carbonyl (C=O) groups excluding carboxylic acids is 1. The van der Waals surface area contributed by atoms with Crippen LogP contribution in [0.2, 0.25) is 0 Å². The van der Waals surface area contributed by atoms with Gasteiger partial charge in [0.25, 0.3) is 5.91 Å². The zero-order valence-corrected chi connectivity index (χ0v) is 13.4. The minimum atomic E-state index is 0.0347. The lowest BCUT2D eigenvalue weighted by Crippen LogP contribution is -2.34. The molecule has 0 N–H and O–H groups in total. The minimum Gasteiger partial charge on any atom is -0.305 e. The molecule has 0 saturated heterocycles. The fourth-order valence-corrected chi connectivity index (χ4v) is 3.18. The predicted octanol–water partition coefficient (Wildman–Crippen LogP) is 4.44. The highest BCUT2D eigenvalue weighted by molar-refractivity contribution is 9.10. The number of fused-ring (bicyclic) bond motifs is 1. The smallest absolute Gasteiger partial charge is 0.251 e. The summed E-state index contributed by atoms with van der Waals surface area (Å²) in [5.74, 6) is 0.0347. The molecule has 1 amide bonds. The standard InChI is InChI=1S/C18H16BrNO/c1-13-11-15-6-2-3-8-17(15)20(13)18(21)10-9-14-5-4-7-16(19)12-14/h2-10,12-13H,11H2,1H3. The van der Waals surface area contributed by atoms with Crippen molar-refractivity contribution < 1.29 is 4.79 Å². The van der Waals surface area contributed by atoms with E-state index in [-0.39, 0.29) is 11.9 Å². The first-order chi connectivity index (χ1) is 10.1. The maximum atomic E-state index is 12.5.